The standard InChI is InChI=1S/C12H21ClN2O4/c1-10(13)12(17)15-5-3-14(4-6-15)11(16)9-19-8-7-18-2/h10H,3-9H2,1-2H3. The Balaban J connectivity index is 2.25. The lowest BCUT2D eigenvalue weighted by atomic mass is 10.3. The number of ether oxygens (including phenoxy) is 2. The van der Waals surface area contributed by atoms with Crippen LogP contribution in [0, 0.1) is 0 Å². The topological polar surface area (TPSA) is 59.1 Å². The summed E-state index contributed by atoms with van der Waals surface area (Å²) >= 11 is 5.76. The SMILES string of the molecule is COCCOCC(=O)N1CCN(C(=O)C(C)Cl)CC1. The van der Waals surface area contributed by atoms with Crippen LogP contribution in [-0.2, 0) is 19.1 Å². The van der Waals surface area contributed by atoms with Gasteiger partial charge in [-0.05, 0) is 6.92 Å². The number of amides is 2. The van der Waals surface area contributed by atoms with Crippen LogP contribution >= 0.6 is 11.6 Å². The number of hydrogen-bond acceptors (Lipinski definition) is 4. The largest absolute Gasteiger partial charge is 0.382 e. The number of nitrogens with zero attached hydrogens (tertiary/aromatic N) is 2. The molecule has 0 aliphatic carbocycles. The number of halogens is 1. The lowest BCUT2D eigenvalue weighted by molar-refractivity contribution is -0.142. The van der Waals surface area contributed by atoms with Crippen LogP contribution in [0.3, 0.4) is 0 Å². The summed E-state index contributed by atoms with van der Waals surface area (Å²) < 4.78 is 10.0. The third-order valence-corrected chi connectivity index (χ3v) is 3.13. The molecule has 1 saturated heterocycles. The molecule has 0 spiro atoms. The summed E-state index contributed by atoms with van der Waals surface area (Å²) in [5, 5.41) is -0.514. The average molecular weight is 293 g/mol. The molecule has 1 unspecified atom stereocenters. The molecule has 0 aromatic rings. The molecule has 0 aromatic heterocycles. The average Bonchev–Trinajstić information content (AvgIpc) is 2.42. The van der Waals surface area contributed by atoms with Gasteiger partial charge in [-0.2, -0.15) is 0 Å². The second-order valence-corrected chi connectivity index (χ2v) is 5.02. The van der Waals surface area contributed by atoms with E-state index in [0.717, 1.165) is 0 Å². The predicted molar refractivity (Wildman–Crippen MR) is 71.2 cm³/mol. The Labute approximate surface area is 118 Å². The fourth-order valence-electron chi connectivity index (χ4n) is 1.82. The molecule has 7 heteroatoms. The fraction of sp³-hybridized carbons (Fsp3) is 0.833. The molecule has 0 aromatic carbocycles. The molecule has 1 fully saturated rings. The van der Waals surface area contributed by atoms with Crippen molar-refractivity contribution in [2.75, 3.05) is 53.1 Å². The number of rotatable bonds is 6. The van der Waals surface area contributed by atoms with E-state index >= 15 is 0 Å². The van der Waals surface area contributed by atoms with Crippen molar-refractivity contribution in [3.63, 3.8) is 0 Å². The molecule has 110 valence electrons. The molecule has 0 N–H and O–H groups in total. The summed E-state index contributed by atoms with van der Waals surface area (Å²) in [6.45, 7) is 4.71. The number of piperazine rings is 1. The lowest BCUT2D eigenvalue weighted by Crippen LogP contribution is -2.52. The van der Waals surface area contributed by atoms with Crippen LogP contribution in [0.1, 0.15) is 6.92 Å². The second-order valence-electron chi connectivity index (χ2n) is 4.37. The van der Waals surface area contributed by atoms with E-state index in [1.165, 1.54) is 0 Å². The first-order valence-corrected chi connectivity index (χ1v) is 6.77. The summed E-state index contributed by atoms with van der Waals surface area (Å²) in [7, 11) is 1.58. The van der Waals surface area contributed by atoms with Crippen molar-refractivity contribution in [3.05, 3.63) is 0 Å². The van der Waals surface area contributed by atoms with Crippen LogP contribution in [0.25, 0.3) is 0 Å². The third kappa shape index (κ3) is 5.34. The summed E-state index contributed by atoms with van der Waals surface area (Å²) in [4.78, 5) is 26.9. The van der Waals surface area contributed by atoms with Crippen LogP contribution in [0.2, 0.25) is 0 Å². The van der Waals surface area contributed by atoms with Crippen LogP contribution in [-0.4, -0.2) is 80.1 Å². The molecule has 1 aliphatic heterocycles. The Morgan fingerprint density at radius 3 is 2.26 bits per heavy atom. The van der Waals surface area contributed by atoms with Gasteiger partial charge in [-0.25, -0.2) is 0 Å². The minimum absolute atomic E-state index is 0.0536. The Morgan fingerprint density at radius 1 is 1.16 bits per heavy atom. The van der Waals surface area contributed by atoms with Gasteiger partial charge in [0.25, 0.3) is 0 Å². The number of alkyl halides is 1. The molecule has 1 heterocycles. The molecule has 0 saturated carbocycles. The van der Waals surface area contributed by atoms with Crippen molar-refractivity contribution in [1.29, 1.82) is 0 Å². The van der Waals surface area contributed by atoms with Crippen molar-refractivity contribution in [2.24, 2.45) is 0 Å². The highest BCUT2D eigenvalue weighted by Gasteiger charge is 2.25. The van der Waals surface area contributed by atoms with Gasteiger partial charge in [0.05, 0.1) is 13.2 Å². The molecule has 1 aliphatic rings. The Kier molecular flexibility index (Phi) is 7.12. The Morgan fingerprint density at radius 2 is 1.74 bits per heavy atom. The normalized spacial score (nSPS) is 17.4. The van der Waals surface area contributed by atoms with Gasteiger partial charge in [-0.1, -0.05) is 0 Å². The van der Waals surface area contributed by atoms with E-state index in [1.54, 1.807) is 23.8 Å². The minimum Gasteiger partial charge on any atom is -0.382 e. The highest BCUT2D eigenvalue weighted by Crippen LogP contribution is 2.07. The summed E-state index contributed by atoms with van der Waals surface area (Å²) in [6, 6.07) is 0. The Hall–Kier alpha value is -0.850. The maximum absolute atomic E-state index is 11.8. The van der Waals surface area contributed by atoms with E-state index in [2.05, 4.69) is 0 Å². The molecule has 2 amide bonds. The van der Waals surface area contributed by atoms with Gasteiger partial charge in [-0.15, -0.1) is 11.6 Å². The number of carbonyl (C=O) groups excluding carboxylic acids is 2. The van der Waals surface area contributed by atoms with Gasteiger partial charge in [0.1, 0.15) is 12.0 Å². The molecule has 1 rings (SSSR count). The third-order valence-electron chi connectivity index (χ3n) is 2.94. The van der Waals surface area contributed by atoms with Gasteiger partial charge < -0.3 is 19.3 Å². The monoisotopic (exact) mass is 292 g/mol. The first-order valence-electron chi connectivity index (χ1n) is 6.33. The summed E-state index contributed by atoms with van der Waals surface area (Å²) in [5.74, 6) is -0.132. The Bertz CT molecular complexity index is 304. The van der Waals surface area contributed by atoms with Gasteiger partial charge in [0.15, 0.2) is 0 Å². The zero-order chi connectivity index (χ0) is 14.3. The second kappa shape index (κ2) is 8.35. The van der Waals surface area contributed by atoms with Crippen molar-refractivity contribution < 1.29 is 19.1 Å². The lowest BCUT2D eigenvalue weighted by Gasteiger charge is -2.35. The van der Waals surface area contributed by atoms with Gasteiger partial charge >= 0.3 is 0 Å². The molecule has 1 atom stereocenters. The van der Waals surface area contributed by atoms with Gasteiger partial charge in [0, 0.05) is 33.3 Å². The molecular weight excluding hydrogens is 272 g/mol. The first-order chi connectivity index (χ1) is 9.06. The zero-order valence-electron chi connectivity index (χ0n) is 11.4. The van der Waals surface area contributed by atoms with Crippen LogP contribution in [0.4, 0.5) is 0 Å². The smallest absolute Gasteiger partial charge is 0.248 e. The van der Waals surface area contributed by atoms with Gasteiger partial charge in [0.2, 0.25) is 11.8 Å². The van der Waals surface area contributed by atoms with Crippen LogP contribution in [0.15, 0.2) is 0 Å². The minimum atomic E-state index is -0.514. The maximum atomic E-state index is 11.8. The van der Waals surface area contributed by atoms with E-state index in [0.29, 0.717) is 39.4 Å². The van der Waals surface area contributed by atoms with Crippen molar-refractivity contribution >= 4 is 23.4 Å². The van der Waals surface area contributed by atoms with E-state index in [1.807, 2.05) is 0 Å². The highest BCUT2D eigenvalue weighted by atomic mass is 35.5. The summed E-state index contributed by atoms with van der Waals surface area (Å²) in [6.07, 6.45) is 0. The van der Waals surface area contributed by atoms with Gasteiger partial charge in [-0.3, -0.25) is 9.59 Å². The molecule has 6 nitrogen and oxygen atoms in total. The van der Waals surface area contributed by atoms with E-state index in [-0.39, 0.29) is 18.4 Å². The molecule has 19 heavy (non-hydrogen) atoms. The van der Waals surface area contributed by atoms with Crippen LogP contribution in [0.5, 0.6) is 0 Å². The summed E-state index contributed by atoms with van der Waals surface area (Å²) in [5.41, 5.74) is 0. The molecule has 0 bridgehead atoms. The van der Waals surface area contributed by atoms with E-state index in [9.17, 15) is 9.59 Å². The fourth-order valence-corrected chi connectivity index (χ4v) is 1.96. The first kappa shape index (κ1) is 16.2. The number of methoxy groups -OCH3 is 1. The van der Waals surface area contributed by atoms with E-state index < -0.39 is 5.38 Å². The van der Waals surface area contributed by atoms with E-state index in [4.69, 9.17) is 21.1 Å². The van der Waals surface area contributed by atoms with Crippen molar-refractivity contribution in [3.8, 4) is 0 Å². The quantitative estimate of drug-likeness (QED) is 0.509. The highest BCUT2D eigenvalue weighted by molar-refractivity contribution is 6.30. The zero-order valence-corrected chi connectivity index (χ0v) is 12.2. The maximum Gasteiger partial charge on any atom is 0.248 e. The van der Waals surface area contributed by atoms with Crippen molar-refractivity contribution in [1.82, 2.24) is 9.80 Å². The van der Waals surface area contributed by atoms with Crippen molar-refractivity contribution in [2.45, 2.75) is 12.3 Å². The van der Waals surface area contributed by atoms with Crippen LogP contribution < -0.4 is 0 Å². The predicted octanol–water partition coefficient (Wildman–Crippen LogP) is -0.0525. The molecular formula is C12H21ClN2O4. The number of carbonyl (C=O) groups is 2. The molecule has 0 radical (unpaired) electrons. The number of hydrogen-bond donors (Lipinski definition) is 0.